The maximum absolute atomic E-state index is 12.8. The van der Waals surface area contributed by atoms with Gasteiger partial charge in [-0.25, -0.2) is 0 Å². The molecule has 1 amide bonds. The monoisotopic (exact) mass is 373 g/mol. The number of hydrogen-bond acceptors (Lipinski definition) is 5. The average molecular weight is 373 g/mol. The molecule has 2 aromatic rings. The number of H-pyrrole nitrogens is 1. The van der Waals surface area contributed by atoms with Gasteiger partial charge >= 0.3 is 0 Å². The largest absolute Gasteiger partial charge is 0.493 e. The second-order valence-corrected chi connectivity index (χ2v) is 7.46. The number of likely N-dealkylation sites (tertiary alicyclic amines) is 1. The van der Waals surface area contributed by atoms with Crippen molar-refractivity contribution in [3.05, 3.63) is 41.7 Å². The molecule has 0 aliphatic carbocycles. The first kappa shape index (κ1) is 19.2. The molecule has 1 aliphatic heterocycles. The van der Waals surface area contributed by atoms with Gasteiger partial charge in [-0.3, -0.25) is 9.89 Å². The van der Waals surface area contributed by atoms with Crippen molar-refractivity contribution in [1.29, 1.82) is 0 Å². The van der Waals surface area contributed by atoms with Crippen LogP contribution in [0.5, 0.6) is 11.5 Å². The second-order valence-electron chi connectivity index (χ2n) is 7.46. The minimum Gasteiger partial charge on any atom is -0.493 e. The number of methoxy groups -OCH3 is 1. The average Bonchev–Trinajstić information content (AvgIpc) is 3.14. The summed E-state index contributed by atoms with van der Waals surface area (Å²) in [5.41, 5.74) is 0.281. The van der Waals surface area contributed by atoms with E-state index in [0.717, 1.165) is 12.8 Å². The fraction of sp³-hybridized carbons (Fsp3) is 0.500. The Kier molecular flexibility index (Phi) is 5.70. The highest BCUT2D eigenvalue weighted by atomic mass is 16.5. The summed E-state index contributed by atoms with van der Waals surface area (Å²) in [5.74, 6) is 1.23. The predicted octanol–water partition coefficient (Wildman–Crippen LogP) is 2.62. The summed E-state index contributed by atoms with van der Waals surface area (Å²) in [4.78, 5) is 14.5. The van der Waals surface area contributed by atoms with E-state index in [4.69, 9.17) is 9.47 Å². The molecule has 1 saturated heterocycles. The molecule has 7 nitrogen and oxygen atoms in total. The predicted molar refractivity (Wildman–Crippen MR) is 101 cm³/mol. The van der Waals surface area contributed by atoms with Crippen LogP contribution >= 0.6 is 0 Å². The molecule has 1 fully saturated rings. The zero-order valence-electron chi connectivity index (χ0n) is 16.1. The van der Waals surface area contributed by atoms with Crippen LogP contribution in [0, 0.1) is 5.92 Å². The van der Waals surface area contributed by atoms with Gasteiger partial charge in [0, 0.05) is 19.0 Å². The Labute approximate surface area is 159 Å². The molecule has 1 aromatic heterocycles. The fourth-order valence-electron chi connectivity index (χ4n) is 3.34. The number of benzene rings is 1. The van der Waals surface area contributed by atoms with Crippen LogP contribution in [0.25, 0.3) is 0 Å². The van der Waals surface area contributed by atoms with Gasteiger partial charge in [-0.05, 0) is 44.9 Å². The van der Waals surface area contributed by atoms with E-state index in [1.807, 2.05) is 24.3 Å². The highest BCUT2D eigenvalue weighted by Crippen LogP contribution is 2.28. The number of aliphatic hydroxyl groups is 1. The minimum absolute atomic E-state index is 0.0718. The van der Waals surface area contributed by atoms with Gasteiger partial charge in [-0.15, -0.1) is 0 Å². The van der Waals surface area contributed by atoms with Crippen LogP contribution in [0.2, 0.25) is 0 Å². The first-order valence-electron chi connectivity index (χ1n) is 9.20. The lowest BCUT2D eigenvalue weighted by atomic mass is 9.84. The van der Waals surface area contributed by atoms with Crippen molar-refractivity contribution in [2.45, 2.75) is 38.9 Å². The zero-order chi connectivity index (χ0) is 19.4. The first-order valence-corrected chi connectivity index (χ1v) is 9.20. The van der Waals surface area contributed by atoms with Crippen LogP contribution in [0.15, 0.2) is 30.3 Å². The van der Waals surface area contributed by atoms with Crippen LogP contribution in [0.4, 0.5) is 0 Å². The number of nitrogens with zero attached hydrogens (tertiary/aromatic N) is 2. The molecule has 146 valence electrons. The molecular formula is C20H27N3O4. The van der Waals surface area contributed by atoms with E-state index in [0.29, 0.717) is 36.0 Å². The van der Waals surface area contributed by atoms with Crippen LogP contribution in [0.3, 0.4) is 0 Å². The molecule has 2 N–H and O–H groups in total. The lowest BCUT2D eigenvalue weighted by molar-refractivity contribution is -0.0147. The normalized spacial score (nSPS) is 17.6. The lowest BCUT2D eigenvalue weighted by Gasteiger charge is -2.38. The number of para-hydroxylation sites is 2. The Balaban J connectivity index is 1.62. The maximum atomic E-state index is 12.8. The van der Waals surface area contributed by atoms with Crippen molar-refractivity contribution >= 4 is 5.91 Å². The SMILES string of the molecule is COc1ccccc1OCc1cc(C(=O)N2CCCC(C(C)(C)O)C2)n[nH]1. The molecule has 7 heteroatoms. The summed E-state index contributed by atoms with van der Waals surface area (Å²) in [7, 11) is 1.59. The number of piperidine rings is 1. The van der Waals surface area contributed by atoms with E-state index in [1.54, 1.807) is 31.9 Å². The number of carbonyl (C=O) groups excluding carboxylic acids is 1. The van der Waals surface area contributed by atoms with E-state index in [-0.39, 0.29) is 18.4 Å². The van der Waals surface area contributed by atoms with Gasteiger partial charge in [0.05, 0.1) is 18.4 Å². The first-order chi connectivity index (χ1) is 12.9. The molecule has 2 heterocycles. The van der Waals surface area contributed by atoms with Crippen molar-refractivity contribution < 1.29 is 19.4 Å². The Morgan fingerprint density at radius 1 is 1.37 bits per heavy atom. The highest BCUT2D eigenvalue weighted by Gasteiger charge is 2.33. The third-order valence-electron chi connectivity index (χ3n) is 5.01. The summed E-state index contributed by atoms with van der Waals surface area (Å²) in [5, 5.41) is 17.3. The topological polar surface area (TPSA) is 87.7 Å². The number of aromatic nitrogens is 2. The Hall–Kier alpha value is -2.54. The molecule has 0 bridgehead atoms. The minimum atomic E-state index is -0.793. The van der Waals surface area contributed by atoms with E-state index in [9.17, 15) is 9.90 Å². The quantitative estimate of drug-likeness (QED) is 0.813. The molecular weight excluding hydrogens is 346 g/mol. The molecule has 3 rings (SSSR count). The Morgan fingerprint density at radius 3 is 2.81 bits per heavy atom. The fourth-order valence-corrected chi connectivity index (χ4v) is 3.34. The standard InChI is InChI=1S/C20H27N3O4/c1-20(2,25)14-7-6-10-23(12-14)19(24)16-11-15(21-22-16)13-27-18-9-5-4-8-17(18)26-3/h4-5,8-9,11,14,25H,6-7,10,12-13H2,1-3H3,(H,21,22). The van der Waals surface area contributed by atoms with Gasteiger partial charge in [0.25, 0.3) is 5.91 Å². The molecule has 1 aliphatic rings. The van der Waals surface area contributed by atoms with E-state index < -0.39 is 5.60 Å². The zero-order valence-corrected chi connectivity index (χ0v) is 16.1. The third-order valence-corrected chi connectivity index (χ3v) is 5.01. The van der Waals surface area contributed by atoms with E-state index in [2.05, 4.69) is 10.2 Å². The molecule has 0 saturated carbocycles. The highest BCUT2D eigenvalue weighted by molar-refractivity contribution is 5.92. The molecule has 27 heavy (non-hydrogen) atoms. The summed E-state index contributed by atoms with van der Waals surface area (Å²) in [6.07, 6.45) is 1.81. The number of amides is 1. The number of rotatable bonds is 6. The van der Waals surface area contributed by atoms with Crippen molar-refractivity contribution in [1.82, 2.24) is 15.1 Å². The Bertz CT molecular complexity index is 782. The van der Waals surface area contributed by atoms with Gasteiger partial charge < -0.3 is 19.5 Å². The summed E-state index contributed by atoms with van der Waals surface area (Å²) >= 11 is 0. The van der Waals surface area contributed by atoms with Crippen LogP contribution < -0.4 is 9.47 Å². The molecule has 1 atom stereocenters. The number of ether oxygens (including phenoxy) is 2. The van der Waals surface area contributed by atoms with Gasteiger partial charge in [-0.2, -0.15) is 5.10 Å². The molecule has 0 spiro atoms. The third kappa shape index (κ3) is 4.60. The molecule has 1 unspecified atom stereocenters. The van der Waals surface area contributed by atoms with E-state index >= 15 is 0 Å². The molecule has 0 radical (unpaired) electrons. The van der Waals surface area contributed by atoms with Crippen molar-refractivity contribution in [3.63, 3.8) is 0 Å². The van der Waals surface area contributed by atoms with E-state index in [1.165, 1.54) is 0 Å². The summed E-state index contributed by atoms with van der Waals surface area (Å²) in [6, 6.07) is 9.11. The van der Waals surface area contributed by atoms with Gasteiger partial charge in [0.15, 0.2) is 17.2 Å². The van der Waals surface area contributed by atoms with Gasteiger partial charge in [-0.1, -0.05) is 12.1 Å². The lowest BCUT2D eigenvalue weighted by Crippen LogP contribution is -2.47. The van der Waals surface area contributed by atoms with Crippen molar-refractivity contribution in [2.75, 3.05) is 20.2 Å². The smallest absolute Gasteiger partial charge is 0.274 e. The number of carbonyl (C=O) groups is 1. The maximum Gasteiger partial charge on any atom is 0.274 e. The summed E-state index contributed by atoms with van der Waals surface area (Å²) in [6.45, 7) is 5.08. The molecule has 1 aromatic carbocycles. The second kappa shape index (κ2) is 8.00. The van der Waals surface area contributed by atoms with Crippen molar-refractivity contribution in [3.8, 4) is 11.5 Å². The number of hydrogen-bond donors (Lipinski definition) is 2. The van der Waals surface area contributed by atoms with Crippen molar-refractivity contribution in [2.24, 2.45) is 5.92 Å². The van der Waals surface area contributed by atoms with Crippen LogP contribution in [-0.4, -0.2) is 51.9 Å². The van der Waals surface area contributed by atoms with Gasteiger partial charge in [0.2, 0.25) is 0 Å². The van der Waals surface area contributed by atoms with Gasteiger partial charge in [0.1, 0.15) is 6.61 Å². The number of aromatic amines is 1. The summed E-state index contributed by atoms with van der Waals surface area (Å²) < 4.78 is 11.0. The van der Waals surface area contributed by atoms with Crippen LogP contribution in [0.1, 0.15) is 42.9 Å². The Morgan fingerprint density at radius 2 is 2.11 bits per heavy atom. The van der Waals surface area contributed by atoms with Crippen LogP contribution in [-0.2, 0) is 6.61 Å². The number of nitrogens with one attached hydrogen (secondary N) is 1.